The zero-order valence-corrected chi connectivity index (χ0v) is 15.3. The monoisotopic (exact) mass is 363 g/mol. The number of hydrogen-bond acceptors (Lipinski definition) is 4. The van der Waals surface area contributed by atoms with Gasteiger partial charge in [-0.15, -0.1) is 0 Å². The van der Waals surface area contributed by atoms with E-state index in [1.165, 1.54) is 17.1 Å². The summed E-state index contributed by atoms with van der Waals surface area (Å²) in [6, 6.07) is 12.6. The van der Waals surface area contributed by atoms with Crippen molar-refractivity contribution in [2.75, 3.05) is 0 Å². The average Bonchev–Trinajstić information content (AvgIpc) is 3.03. The molecule has 3 rings (SSSR count). The van der Waals surface area contributed by atoms with E-state index in [1.54, 1.807) is 19.1 Å². The molecule has 3 aromatic rings. The third kappa shape index (κ3) is 4.03. The fraction of sp³-hybridized carbons (Fsp3) is 0.200. The van der Waals surface area contributed by atoms with E-state index in [2.05, 4.69) is 20.6 Å². The van der Waals surface area contributed by atoms with E-state index in [0.717, 1.165) is 17.8 Å². The normalized spacial score (nSPS) is 11.4. The van der Waals surface area contributed by atoms with Crippen LogP contribution in [0.2, 0.25) is 0 Å². The second-order valence-electron chi connectivity index (χ2n) is 6.07. The number of aromatic amines is 1. The van der Waals surface area contributed by atoms with Gasteiger partial charge in [0.2, 0.25) is 0 Å². The first-order valence-corrected chi connectivity index (χ1v) is 8.76. The predicted octanol–water partition coefficient (Wildman–Crippen LogP) is 2.67. The van der Waals surface area contributed by atoms with E-state index in [1.807, 2.05) is 37.3 Å². The van der Waals surface area contributed by atoms with Gasteiger partial charge in [-0.2, -0.15) is 5.10 Å². The van der Waals surface area contributed by atoms with Crippen LogP contribution in [-0.2, 0) is 6.42 Å². The molecule has 1 amide bonds. The maximum atomic E-state index is 13.0. The van der Waals surface area contributed by atoms with Crippen molar-refractivity contribution in [2.24, 2.45) is 5.10 Å². The minimum absolute atomic E-state index is 0.191. The van der Waals surface area contributed by atoms with Crippen molar-refractivity contribution in [2.45, 2.75) is 26.7 Å². The third-order valence-electron chi connectivity index (χ3n) is 4.11. The number of carbonyl (C=O) groups is 1. The first kappa shape index (κ1) is 18.3. The number of nitrogens with one attached hydrogen (secondary N) is 2. The Hall–Kier alpha value is -3.48. The summed E-state index contributed by atoms with van der Waals surface area (Å²) >= 11 is 0. The standard InChI is InChI=1S/C20H21N5O2/c1-3-7-17-18(20(27)25(24-17)16-8-5-4-6-9-16)14(2)22-23-19(26)15-10-12-21-13-11-15/h4-6,8-13,24H,3,7H2,1-2H3,(H,23,26)/b22-14+. The molecule has 0 saturated carbocycles. The van der Waals surface area contributed by atoms with Gasteiger partial charge in [0.15, 0.2) is 0 Å². The minimum atomic E-state index is -0.354. The molecule has 1 aromatic carbocycles. The highest BCUT2D eigenvalue weighted by Crippen LogP contribution is 2.10. The van der Waals surface area contributed by atoms with Gasteiger partial charge in [-0.3, -0.25) is 19.7 Å². The minimum Gasteiger partial charge on any atom is -0.294 e. The fourth-order valence-corrected chi connectivity index (χ4v) is 2.80. The molecule has 7 heteroatoms. The molecule has 138 valence electrons. The lowest BCUT2D eigenvalue weighted by atomic mass is 10.1. The summed E-state index contributed by atoms with van der Waals surface area (Å²) in [7, 11) is 0. The van der Waals surface area contributed by atoms with Gasteiger partial charge >= 0.3 is 0 Å². The smallest absolute Gasteiger partial charge is 0.280 e. The molecule has 27 heavy (non-hydrogen) atoms. The van der Waals surface area contributed by atoms with Crippen LogP contribution >= 0.6 is 0 Å². The van der Waals surface area contributed by atoms with E-state index in [0.29, 0.717) is 23.3 Å². The lowest BCUT2D eigenvalue weighted by Gasteiger charge is -2.02. The molecule has 0 aliphatic heterocycles. The summed E-state index contributed by atoms with van der Waals surface area (Å²) in [6.45, 7) is 3.76. The molecule has 0 atom stereocenters. The van der Waals surface area contributed by atoms with Crippen molar-refractivity contribution in [3.05, 3.63) is 82.0 Å². The largest absolute Gasteiger partial charge is 0.294 e. The third-order valence-corrected chi connectivity index (χ3v) is 4.11. The quantitative estimate of drug-likeness (QED) is 0.521. The first-order valence-electron chi connectivity index (χ1n) is 8.76. The number of aryl methyl sites for hydroxylation is 1. The lowest BCUT2D eigenvalue weighted by molar-refractivity contribution is 0.0954. The van der Waals surface area contributed by atoms with Crippen molar-refractivity contribution >= 4 is 11.6 Å². The van der Waals surface area contributed by atoms with Crippen LogP contribution in [0.3, 0.4) is 0 Å². The molecule has 0 unspecified atom stereocenters. The fourth-order valence-electron chi connectivity index (χ4n) is 2.80. The number of H-pyrrole nitrogens is 1. The molecule has 2 heterocycles. The van der Waals surface area contributed by atoms with Crippen LogP contribution in [-0.4, -0.2) is 26.4 Å². The Morgan fingerprint density at radius 1 is 1.19 bits per heavy atom. The van der Waals surface area contributed by atoms with Crippen molar-refractivity contribution in [1.82, 2.24) is 20.2 Å². The molecule has 0 bridgehead atoms. The van der Waals surface area contributed by atoms with Crippen molar-refractivity contribution in [3.8, 4) is 5.69 Å². The van der Waals surface area contributed by atoms with Crippen molar-refractivity contribution in [3.63, 3.8) is 0 Å². The molecular formula is C20H21N5O2. The number of amides is 1. The molecule has 2 N–H and O–H groups in total. The van der Waals surface area contributed by atoms with Gasteiger partial charge in [0.05, 0.1) is 17.0 Å². The topological polar surface area (TPSA) is 92.1 Å². The van der Waals surface area contributed by atoms with Gasteiger partial charge in [0.25, 0.3) is 11.5 Å². The Labute approximate surface area is 156 Å². The van der Waals surface area contributed by atoms with Crippen LogP contribution in [0.4, 0.5) is 0 Å². The second-order valence-corrected chi connectivity index (χ2v) is 6.07. The number of aromatic nitrogens is 3. The van der Waals surface area contributed by atoms with E-state index >= 15 is 0 Å². The first-order chi connectivity index (χ1) is 13.1. The molecule has 0 saturated heterocycles. The molecule has 0 aliphatic rings. The zero-order chi connectivity index (χ0) is 19.2. The van der Waals surface area contributed by atoms with Gasteiger partial charge in [0.1, 0.15) is 0 Å². The van der Waals surface area contributed by atoms with Crippen molar-refractivity contribution in [1.29, 1.82) is 0 Å². The SMILES string of the molecule is CCCc1[nH]n(-c2ccccc2)c(=O)c1/C(C)=N/NC(=O)c1ccncc1. The summed E-state index contributed by atoms with van der Waals surface area (Å²) in [6.07, 6.45) is 4.65. The van der Waals surface area contributed by atoms with E-state index in [9.17, 15) is 9.59 Å². The molecule has 0 aliphatic carbocycles. The second kappa shape index (κ2) is 8.27. The summed E-state index contributed by atoms with van der Waals surface area (Å²) < 4.78 is 1.50. The maximum absolute atomic E-state index is 13.0. The highest BCUT2D eigenvalue weighted by Gasteiger charge is 2.17. The van der Waals surface area contributed by atoms with Gasteiger partial charge in [-0.1, -0.05) is 31.5 Å². The molecule has 0 fully saturated rings. The summed E-state index contributed by atoms with van der Waals surface area (Å²) in [5.74, 6) is -0.354. The number of hydrazone groups is 1. The summed E-state index contributed by atoms with van der Waals surface area (Å²) in [4.78, 5) is 29.0. The highest BCUT2D eigenvalue weighted by atomic mass is 16.2. The Balaban J connectivity index is 1.93. The maximum Gasteiger partial charge on any atom is 0.280 e. The average molecular weight is 363 g/mol. The van der Waals surface area contributed by atoms with Crippen LogP contribution in [0.25, 0.3) is 5.69 Å². The summed E-state index contributed by atoms with van der Waals surface area (Å²) in [5.41, 5.74) is 5.25. The number of carbonyl (C=O) groups excluding carboxylic acids is 1. The van der Waals surface area contributed by atoms with Crippen molar-refractivity contribution < 1.29 is 4.79 Å². The lowest BCUT2D eigenvalue weighted by Crippen LogP contribution is -2.23. The van der Waals surface area contributed by atoms with E-state index in [-0.39, 0.29) is 11.5 Å². The molecule has 2 aromatic heterocycles. The summed E-state index contributed by atoms with van der Waals surface area (Å²) in [5, 5.41) is 7.31. The number of hydrogen-bond donors (Lipinski definition) is 2. The van der Waals surface area contributed by atoms with Gasteiger partial charge in [-0.05, 0) is 37.6 Å². The van der Waals surface area contributed by atoms with Crippen LogP contribution in [0.5, 0.6) is 0 Å². The van der Waals surface area contributed by atoms with Crippen LogP contribution in [0.15, 0.2) is 64.8 Å². The molecular weight excluding hydrogens is 342 g/mol. The number of para-hydroxylation sites is 1. The van der Waals surface area contributed by atoms with E-state index in [4.69, 9.17) is 0 Å². The number of rotatable bonds is 6. The van der Waals surface area contributed by atoms with Gasteiger partial charge in [0, 0.05) is 23.7 Å². The van der Waals surface area contributed by atoms with Crippen LogP contribution in [0, 0.1) is 0 Å². The Morgan fingerprint density at radius 3 is 2.56 bits per heavy atom. The highest BCUT2D eigenvalue weighted by molar-refractivity contribution is 6.01. The number of benzene rings is 1. The zero-order valence-electron chi connectivity index (χ0n) is 15.3. The molecule has 0 spiro atoms. The van der Waals surface area contributed by atoms with Crippen LogP contribution < -0.4 is 11.0 Å². The van der Waals surface area contributed by atoms with Gasteiger partial charge < -0.3 is 0 Å². The number of pyridine rings is 1. The Morgan fingerprint density at radius 2 is 1.89 bits per heavy atom. The van der Waals surface area contributed by atoms with Gasteiger partial charge in [-0.25, -0.2) is 10.1 Å². The Bertz CT molecular complexity index is 1000. The number of nitrogens with zero attached hydrogens (tertiary/aromatic N) is 3. The Kier molecular flexibility index (Phi) is 5.61. The molecule has 0 radical (unpaired) electrons. The van der Waals surface area contributed by atoms with E-state index < -0.39 is 0 Å². The predicted molar refractivity (Wildman–Crippen MR) is 104 cm³/mol. The molecule has 7 nitrogen and oxygen atoms in total. The van der Waals surface area contributed by atoms with Crippen LogP contribution in [0.1, 0.15) is 41.9 Å².